The van der Waals surface area contributed by atoms with E-state index in [0.717, 1.165) is 11.1 Å². The van der Waals surface area contributed by atoms with E-state index in [1.54, 1.807) is 12.1 Å². The summed E-state index contributed by atoms with van der Waals surface area (Å²) in [6, 6.07) is 16.6. The predicted molar refractivity (Wildman–Crippen MR) is 112 cm³/mol. The van der Waals surface area contributed by atoms with Crippen molar-refractivity contribution in [2.75, 3.05) is 6.61 Å². The van der Waals surface area contributed by atoms with Crippen LogP contribution in [0.25, 0.3) is 21.3 Å². The molecule has 1 N–H and O–H groups in total. The van der Waals surface area contributed by atoms with Gasteiger partial charge in [-0.05, 0) is 29.8 Å². The maximum Gasteiger partial charge on any atom is 0.262 e. The Balaban J connectivity index is 1.58. The van der Waals surface area contributed by atoms with Crippen LogP contribution in [0.2, 0.25) is 5.02 Å². The van der Waals surface area contributed by atoms with Gasteiger partial charge in [0.25, 0.3) is 5.56 Å². The van der Waals surface area contributed by atoms with Crippen LogP contribution >= 0.6 is 22.9 Å². The summed E-state index contributed by atoms with van der Waals surface area (Å²) in [4.78, 5) is 18.1. The summed E-state index contributed by atoms with van der Waals surface area (Å²) in [6.45, 7) is 0.187. The molecule has 0 aliphatic heterocycles. The first-order valence-electron chi connectivity index (χ1n) is 8.70. The van der Waals surface area contributed by atoms with Crippen LogP contribution in [0, 0.1) is 0 Å². The number of fused-ring (bicyclic) bond motifs is 1. The van der Waals surface area contributed by atoms with E-state index in [1.165, 1.54) is 22.2 Å². The van der Waals surface area contributed by atoms with Crippen molar-refractivity contribution in [1.29, 1.82) is 0 Å². The molecule has 0 radical (unpaired) electrons. The third-order valence-corrected chi connectivity index (χ3v) is 5.45. The lowest BCUT2D eigenvalue weighted by molar-refractivity contribution is 0.0915. The van der Waals surface area contributed by atoms with Crippen molar-refractivity contribution in [3.05, 3.63) is 81.7 Å². The number of para-hydroxylation sites is 1. The molecule has 2 aromatic heterocycles. The second-order valence-electron chi connectivity index (χ2n) is 6.32. The first-order chi connectivity index (χ1) is 13.6. The van der Waals surface area contributed by atoms with E-state index in [0.29, 0.717) is 21.0 Å². The van der Waals surface area contributed by atoms with E-state index in [1.807, 2.05) is 47.8 Å². The first kappa shape index (κ1) is 18.7. The van der Waals surface area contributed by atoms with Crippen molar-refractivity contribution in [3.63, 3.8) is 0 Å². The number of hydrogen-bond donors (Lipinski definition) is 1. The van der Waals surface area contributed by atoms with Crippen LogP contribution in [0.1, 0.15) is 0 Å². The Morgan fingerprint density at radius 1 is 1.14 bits per heavy atom. The number of hydrogen-bond acceptors (Lipinski definition) is 5. The van der Waals surface area contributed by atoms with Crippen LogP contribution in [-0.4, -0.2) is 27.4 Å². The summed E-state index contributed by atoms with van der Waals surface area (Å²) in [7, 11) is 0. The van der Waals surface area contributed by atoms with E-state index >= 15 is 0 Å². The highest BCUT2D eigenvalue weighted by molar-refractivity contribution is 7.17. The maximum atomic E-state index is 13.0. The van der Waals surface area contributed by atoms with Crippen LogP contribution in [-0.2, 0) is 6.54 Å². The number of ether oxygens (including phenoxy) is 1. The number of aromatic nitrogens is 2. The third-order valence-electron chi connectivity index (χ3n) is 4.31. The summed E-state index contributed by atoms with van der Waals surface area (Å²) in [5.74, 6) is 0.672. The van der Waals surface area contributed by atoms with Gasteiger partial charge in [-0.25, -0.2) is 4.98 Å². The van der Waals surface area contributed by atoms with Gasteiger partial charge >= 0.3 is 0 Å². The fraction of sp³-hybridized carbons (Fsp3) is 0.143. The molecule has 0 aliphatic carbocycles. The summed E-state index contributed by atoms with van der Waals surface area (Å²) in [5.41, 5.74) is 1.54. The third kappa shape index (κ3) is 3.94. The molecule has 1 unspecified atom stereocenters. The summed E-state index contributed by atoms with van der Waals surface area (Å²) < 4.78 is 6.98. The molecule has 0 amide bonds. The smallest absolute Gasteiger partial charge is 0.262 e. The SMILES string of the molecule is O=c1c2c(-c3ccc(Cl)cc3)csc2ncn1CC(O)COc1ccccc1. The highest BCUT2D eigenvalue weighted by Gasteiger charge is 2.15. The number of aliphatic hydroxyl groups is 1. The van der Waals surface area contributed by atoms with Crippen LogP contribution < -0.4 is 10.3 Å². The molecule has 142 valence electrons. The average molecular weight is 413 g/mol. The molecule has 0 bridgehead atoms. The molecular weight excluding hydrogens is 396 g/mol. The van der Waals surface area contributed by atoms with E-state index < -0.39 is 6.10 Å². The van der Waals surface area contributed by atoms with Gasteiger partial charge in [-0.15, -0.1) is 11.3 Å². The van der Waals surface area contributed by atoms with Crippen molar-refractivity contribution < 1.29 is 9.84 Å². The topological polar surface area (TPSA) is 64.4 Å². The number of nitrogens with zero attached hydrogens (tertiary/aromatic N) is 2. The summed E-state index contributed by atoms with van der Waals surface area (Å²) in [6.07, 6.45) is 0.633. The molecule has 2 heterocycles. The van der Waals surface area contributed by atoms with Gasteiger partial charge in [-0.2, -0.15) is 0 Å². The van der Waals surface area contributed by atoms with Crippen LogP contribution in [0.15, 0.2) is 71.1 Å². The first-order valence-corrected chi connectivity index (χ1v) is 9.96. The van der Waals surface area contributed by atoms with E-state index in [2.05, 4.69) is 4.98 Å². The Morgan fingerprint density at radius 2 is 1.89 bits per heavy atom. The highest BCUT2D eigenvalue weighted by atomic mass is 35.5. The van der Waals surface area contributed by atoms with Crippen molar-refractivity contribution >= 4 is 33.2 Å². The number of benzene rings is 2. The molecule has 5 nitrogen and oxygen atoms in total. The standard InChI is InChI=1S/C21H17ClN2O3S/c22-15-8-6-14(7-9-15)18-12-28-20-19(18)21(26)24(13-23-20)10-16(25)11-27-17-4-2-1-3-5-17/h1-9,12-13,16,25H,10-11H2. The average Bonchev–Trinajstić information content (AvgIpc) is 3.15. The zero-order chi connectivity index (χ0) is 19.5. The monoisotopic (exact) mass is 412 g/mol. The largest absolute Gasteiger partial charge is 0.491 e. The van der Waals surface area contributed by atoms with Gasteiger partial charge in [0.1, 0.15) is 23.3 Å². The number of rotatable bonds is 6. The fourth-order valence-corrected chi connectivity index (χ4v) is 3.96. The van der Waals surface area contributed by atoms with Gasteiger partial charge < -0.3 is 9.84 Å². The normalized spacial score (nSPS) is 12.2. The zero-order valence-corrected chi connectivity index (χ0v) is 16.4. The van der Waals surface area contributed by atoms with Gasteiger partial charge in [0, 0.05) is 16.0 Å². The Hall–Kier alpha value is -2.67. The quantitative estimate of drug-likeness (QED) is 0.515. The number of halogens is 1. The van der Waals surface area contributed by atoms with Gasteiger partial charge in [0.15, 0.2) is 0 Å². The Morgan fingerprint density at radius 3 is 2.64 bits per heavy atom. The molecule has 0 saturated heterocycles. The molecule has 4 rings (SSSR count). The molecule has 28 heavy (non-hydrogen) atoms. The lowest BCUT2D eigenvalue weighted by Crippen LogP contribution is -2.30. The molecule has 1 atom stereocenters. The van der Waals surface area contributed by atoms with Gasteiger partial charge in [-0.3, -0.25) is 9.36 Å². The summed E-state index contributed by atoms with van der Waals surface area (Å²) >= 11 is 7.38. The molecule has 0 aliphatic rings. The second kappa shape index (κ2) is 8.14. The van der Waals surface area contributed by atoms with E-state index in [-0.39, 0.29) is 18.7 Å². The van der Waals surface area contributed by atoms with Crippen LogP contribution in [0.5, 0.6) is 5.75 Å². The predicted octanol–water partition coefficient (Wildman–Crippen LogP) is 4.22. The molecule has 0 fully saturated rings. The van der Waals surface area contributed by atoms with Crippen molar-refractivity contribution in [1.82, 2.24) is 9.55 Å². The minimum Gasteiger partial charge on any atom is -0.491 e. The molecular formula is C21H17ClN2O3S. The summed E-state index contributed by atoms with van der Waals surface area (Å²) in [5, 5.41) is 13.4. The molecule has 0 spiro atoms. The number of aliphatic hydroxyl groups excluding tert-OH is 1. The fourth-order valence-electron chi connectivity index (χ4n) is 2.93. The Labute approximate surface area is 170 Å². The van der Waals surface area contributed by atoms with Crippen molar-refractivity contribution in [2.45, 2.75) is 12.6 Å². The van der Waals surface area contributed by atoms with E-state index in [4.69, 9.17) is 16.3 Å². The van der Waals surface area contributed by atoms with Crippen LogP contribution in [0.3, 0.4) is 0 Å². The maximum absolute atomic E-state index is 13.0. The minimum absolute atomic E-state index is 0.0855. The van der Waals surface area contributed by atoms with Gasteiger partial charge in [0.05, 0.1) is 18.3 Å². The molecule has 7 heteroatoms. The lowest BCUT2D eigenvalue weighted by Gasteiger charge is -2.14. The Bertz CT molecular complexity index is 1140. The van der Waals surface area contributed by atoms with Gasteiger partial charge in [0.2, 0.25) is 0 Å². The highest BCUT2D eigenvalue weighted by Crippen LogP contribution is 2.31. The second-order valence-corrected chi connectivity index (χ2v) is 7.61. The molecule has 0 saturated carbocycles. The van der Waals surface area contributed by atoms with Crippen molar-refractivity contribution in [2.24, 2.45) is 0 Å². The molecule has 4 aromatic rings. The Kier molecular flexibility index (Phi) is 5.43. The number of thiophene rings is 1. The zero-order valence-electron chi connectivity index (χ0n) is 14.8. The lowest BCUT2D eigenvalue weighted by atomic mass is 10.1. The van der Waals surface area contributed by atoms with Gasteiger partial charge in [-0.1, -0.05) is 41.9 Å². The van der Waals surface area contributed by atoms with Crippen molar-refractivity contribution in [3.8, 4) is 16.9 Å². The minimum atomic E-state index is -0.838. The van der Waals surface area contributed by atoms with E-state index in [9.17, 15) is 9.90 Å². The molecule has 2 aromatic carbocycles. The van der Waals surface area contributed by atoms with Crippen LogP contribution in [0.4, 0.5) is 0 Å².